The minimum atomic E-state index is -0.106. The van der Waals surface area contributed by atoms with Crippen LogP contribution in [0.4, 0.5) is 0 Å². The molecule has 0 aliphatic rings. The minimum Gasteiger partial charge on any atom is -0.481 e. The third-order valence-electron chi connectivity index (χ3n) is 3.75. The van der Waals surface area contributed by atoms with Gasteiger partial charge in [-0.3, -0.25) is 9.20 Å². The Labute approximate surface area is 135 Å². The highest BCUT2D eigenvalue weighted by Crippen LogP contribution is 2.20. The van der Waals surface area contributed by atoms with Crippen molar-refractivity contribution in [3.8, 4) is 5.88 Å². The van der Waals surface area contributed by atoms with Gasteiger partial charge in [0.25, 0.3) is 0 Å². The van der Waals surface area contributed by atoms with Crippen LogP contribution in [0.15, 0.2) is 42.7 Å². The third-order valence-corrected chi connectivity index (χ3v) is 3.75. The summed E-state index contributed by atoms with van der Waals surface area (Å²) in [7, 11) is 1.60. The van der Waals surface area contributed by atoms with Crippen LogP contribution in [0.2, 0.25) is 0 Å². The van der Waals surface area contributed by atoms with E-state index in [0.717, 1.165) is 24.8 Å². The van der Waals surface area contributed by atoms with Crippen LogP contribution in [-0.2, 0) is 6.42 Å². The van der Waals surface area contributed by atoms with E-state index in [2.05, 4.69) is 16.9 Å². The summed E-state index contributed by atoms with van der Waals surface area (Å²) in [6.07, 6.45) is 6.73. The van der Waals surface area contributed by atoms with Crippen LogP contribution in [0.3, 0.4) is 0 Å². The predicted molar refractivity (Wildman–Crippen MR) is 88.0 cm³/mol. The van der Waals surface area contributed by atoms with Gasteiger partial charge in [-0.25, -0.2) is 4.98 Å². The van der Waals surface area contributed by atoms with Crippen LogP contribution in [0.1, 0.15) is 41.4 Å². The first kappa shape index (κ1) is 15.2. The minimum absolute atomic E-state index is 0.106. The third kappa shape index (κ3) is 3.08. The fourth-order valence-electron chi connectivity index (χ4n) is 2.51. The summed E-state index contributed by atoms with van der Waals surface area (Å²) in [5, 5.41) is 0. The van der Waals surface area contributed by atoms with Gasteiger partial charge in [0.15, 0.2) is 0 Å². The number of aromatic nitrogens is 3. The van der Waals surface area contributed by atoms with Crippen LogP contribution < -0.4 is 4.74 Å². The summed E-state index contributed by atoms with van der Waals surface area (Å²) in [6, 6.07) is 9.13. The molecule has 0 bridgehead atoms. The fraction of sp³-hybridized carbons (Fsp3) is 0.278. The monoisotopic (exact) mass is 309 g/mol. The Balaban J connectivity index is 2.00. The number of hydrogen-bond donors (Lipinski definition) is 0. The van der Waals surface area contributed by atoms with Crippen LogP contribution in [-0.4, -0.2) is 27.3 Å². The van der Waals surface area contributed by atoms with Crippen molar-refractivity contribution < 1.29 is 9.53 Å². The SMILES string of the molecule is CCCCc1cn2cc(C(=O)c3ccccc3)nc2nc1OC. The highest BCUT2D eigenvalue weighted by atomic mass is 16.5. The van der Waals surface area contributed by atoms with Crippen LogP contribution in [0, 0.1) is 0 Å². The van der Waals surface area contributed by atoms with Crippen molar-refractivity contribution in [2.45, 2.75) is 26.2 Å². The second-order valence-corrected chi connectivity index (χ2v) is 5.41. The Morgan fingerprint density at radius 1 is 1.17 bits per heavy atom. The zero-order valence-electron chi connectivity index (χ0n) is 13.3. The number of hydrogen-bond acceptors (Lipinski definition) is 4. The molecule has 0 unspecified atom stereocenters. The van der Waals surface area contributed by atoms with Gasteiger partial charge in [-0.05, 0) is 12.8 Å². The summed E-state index contributed by atoms with van der Waals surface area (Å²) in [5.41, 5.74) is 2.03. The molecule has 0 saturated heterocycles. The predicted octanol–water partition coefficient (Wildman–Crippen LogP) is 3.31. The first-order valence-corrected chi connectivity index (χ1v) is 7.75. The second-order valence-electron chi connectivity index (χ2n) is 5.41. The molecule has 0 N–H and O–H groups in total. The molecule has 0 atom stereocenters. The number of methoxy groups -OCH3 is 1. The number of aryl methyl sites for hydroxylation is 1. The van der Waals surface area contributed by atoms with Crippen LogP contribution in [0.25, 0.3) is 5.78 Å². The number of benzene rings is 1. The fourth-order valence-corrected chi connectivity index (χ4v) is 2.51. The summed E-state index contributed by atoms with van der Waals surface area (Å²) in [5.74, 6) is 0.946. The lowest BCUT2D eigenvalue weighted by molar-refractivity contribution is 0.103. The van der Waals surface area contributed by atoms with E-state index in [1.807, 2.05) is 24.4 Å². The Morgan fingerprint density at radius 3 is 2.65 bits per heavy atom. The van der Waals surface area contributed by atoms with E-state index in [9.17, 15) is 4.79 Å². The quantitative estimate of drug-likeness (QED) is 0.656. The molecule has 5 heteroatoms. The highest BCUT2D eigenvalue weighted by Gasteiger charge is 2.15. The Bertz CT molecular complexity index is 825. The maximum atomic E-state index is 12.5. The van der Waals surface area contributed by atoms with Gasteiger partial charge in [-0.2, -0.15) is 4.98 Å². The standard InChI is InChI=1S/C18H19N3O2/c1-3-4-8-14-11-21-12-15(19-18(21)20-17(14)23-2)16(22)13-9-6-5-7-10-13/h5-7,9-12H,3-4,8H2,1-2H3. The maximum absolute atomic E-state index is 12.5. The lowest BCUT2D eigenvalue weighted by atomic mass is 10.1. The van der Waals surface area contributed by atoms with Crippen molar-refractivity contribution in [1.82, 2.24) is 14.4 Å². The van der Waals surface area contributed by atoms with E-state index in [-0.39, 0.29) is 5.78 Å². The van der Waals surface area contributed by atoms with E-state index in [1.54, 1.807) is 29.8 Å². The van der Waals surface area contributed by atoms with Gasteiger partial charge in [0.05, 0.1) is 7.11 Å². The average Bonchev–Trinajstić information content (AvgIpc) is 3.01. The Kier molecular flexibility index (Phi) is 4.37. The number of ketones is 1. The molecule has 0 amide bonds. The van der Waals surface area contributed by atoms with Gasteiger partial charge in [-0.1, -0.05) is 43.7 Å². The van der Waals surface area contributed by atoms with E-state index in [4.69, 9.17) is 4.74 Å². The maximum Gasteiger partial charge on any atom is 0.237 e. The normalized spacial score (nSPS) is 10.9. The van der Waals surface area contributed by atoms with Gasteiger partial charge in [0, 0.05) is 23.5 Å². The molecule has 0 saturated carbocycles. The number of unbranched alkanes of at least 4 members (excludes halogenated alkanes) is 1. The van der Waals surface area contributed by atoms with Crippen molar-refractivity contribution >= 4 is 11.6 Å². The molecular formula is C18H19N3O2. The van der Waals surface area contributed by atoms with Crippen molar-refractivity contribution in [2.75, 3.05) is 7.11 Å². The number of rotatable bonds is 6. The van der Waals surface area contributed by atoms with Crippen molar-refractivity contribution in [2.24, 2.45) is 0 Å². The molecule has 0 spiro atoms. The van der Waals surface area contributed by atoms with Crippen molar-refractivity contribution in [3.05, 3.63) is 59.5 Å². The molecule has 5 nitrogen and oxygen atoms in total. The molecule has 0 aliphatic carbocycles. The van der Waals surface area contributed by atoms with Crippen molar-refractivity contribution in [3.63, 3.8) is 0 Å². The lowest BCUT2D eigenvalue weighted by Gasteiger charge is -2.07. The summed E-state index contributed by atoms with van der Waals surface area (Å²) in [6.45, 7) is 2.15. The molecular weight excluding hydrogens is 290 g/mol. The Morgan fingerprint density at radius 2 is 1.96 bits per heavy atom. The van der Waals surface area contributed by atoms with Crippen molar-refractivity contribution in [1.29, 1.82) is 0 Å². The molecule has 2 heterocycles. The smallest absolute Gasteiger partial charge is 0.237 e. The molecule has 3 aromatic rings. The van der Waals surface area contributed by atoms with E-state index < -0.39 is 0 Å². The average molecular weight is 309 g/mol. The number of fused-ring (bicyclic) bond motifs is 1. The van der Waals surface area contributed by atoms with Gasteiger partial charge in [-0.15, -0.1) is 0 Å². The van der Waals surface area contributed by atoms with E-state index in [0.29, 0.717) is 22.9 Å². The van der Waals surface area contributed by atoms with E-state index in [1.165, 1.54) is 0 Å². The molecule has 0 aliphatic heterocycles. The van der Waals surface area contributed by atoms with Gasteiger partial charge in [0.2, 0.25) is 17.4 Å². The summed E-state index contributed by atoms with van der Waals surface area (Å²) in [4.78, 5) is 21.3. The second kappa shape index (κ2) is 6.60. The lowest BCUT2D eigenvalue weighted by Crippen LogP contribution is -2.00. The summed E-state index contributed by atoms with van der Waals surface area (Å²) >= 11 is 0. The number of carbonyl (C=O) groups is 1. The zero-order chi connectivity index (χ0) is 16.2. The molecule has 118 valence electrons. The van der Waals surface area contributed by atoms with Crippen LogP contribution in [0.5, 0.6) is 5.88 Å². The summed E-state index contributed by atoms with van der Waals surface area (Å²) < 4.78 is 7.15. The topological polar surface area (TPSA) is 56.5 Å². The molecule has 1 aromatic carbocycles. The van der Waals surface area contributed by atoms with Gasteiger partial charge >= 0.3 is 0 Å². The number of carbonyl (C=O) groups excluding carboxylic acids is 1. The van der Waals surface area contributed by atoms with E-state index >= 15 is 0 Å². The van der Waals surface area contributed by atoms with Gasteiger partial charge < -0.3 is 4.74 Å². The number of nitrogens with zero attached hydrogens (tertiary/aromatic N) is 3. The molecule has 0 radical (unpaired) electrons. The Hall–Kier alpha value is -2.69. The molecule has 0 fully saturated rings. The molecule has 3 rings (SSSR count). The molecule has 23 heavy (non-hydrogen) atoms. The first-order valence-electron chi connectivity index (χ1n) is 7.75. The zero-order valence-corrected chi connectivity index (χ0v) is 13.3. The number of ether oxygens (including phenoxy) is 1. The largest absolute Gasteiger partial charge is 0.481 e. The van der Waals surface area contributed by atoms with Gasteiger partial charge in [0.1, 0.15) is 5.69 Å². The first-order chi connectivity index (χ1) is 11.2. The van der Waals surface area contributed by atoms with Crippen LogP contribution >= 0.6 is 0 Å². The highest BCUT2D eigenvalue weighted by molar-refractivity contribution is 6.07. The number of imidazole rings is 1. The molecule has 2 aromatic heterocycles.